The van der Waals surface area contributed by atoms with Gasteiger partial charge in [-0.15, -0.1) is 0 Å². The topological polar surface area (TPSA) is 67.0 Å². The van der Waals surface area contributed by atoms with E-state index in [-0.39, 0.29) is 11.7 Å². The average molecular weight is 357 g/mol. The first kappa shape index (κ1) is 17.6. The van der Waals surface area contributed by atoms with E-state index in [2.05, 4.69) is 20.3 Å². The number of aromatic amines is 1. The number of carbonyl (C=O) groups is 1. The molecule has 0 saturated carbocycles. The van der Waals surface area contributed by atoms with Gasteiger partial charge in [0.25, 0.3) is 5.91 Å². The summed E-state index contributed by atoms with van der Waals surface area (Å²) in [6.07, 6.45) is 1.46. The van der Waals surface area contributed by atoms with E-state index in [0.717, 1.165) is 5.56 Å². The summed E-state index contributed by atoms with van der Waals surface area (Å²) in [5.74, 6) is -0.267. The van der Waals surface area contributed by atoms with Crippen molar-refractivity contribution >= 4 is 5.91 Å². The van der Waals surface area contributed by atoms with Gasteiger partial charge in [0.1, 0.15) is 5.75 Å². The summed E-state index contributed by atoms with van der Waals surface area (Å²) in [6, 6.07) is 15.2. The first-order chi connectivity index (χ1) is 12.5. The van der Waals surface area contributed by atoms with Crippen LogP contribution in [-0.4, -0.2) is 22.7 Å². The number of ether oxygens (including phenoxy) is 1. The Morgan fingerprint density at radius 1 is 1.15 bits per heavy atom. The molecule has 0 aliphatic rings. The lowest BCUT2D eigenvalue weighted by atomic mass is 10.1. The minimum atomic E-state index is -2.89. The molecule has 0 saturated heterocycles. The summed E-state index contributed by atoms with van der Waals surface area (Å²) in [6.45, 7) is -1.13. The zero-order chi connectivity index (χ0) is 18.5. The Bertz CT molecular complexity index is 881. The maximum absolute atomic E-state index is 12.6. The Hall–Kier alpha value is -3.22. The highest BCUT2D eigenvalue weighted by Crippen LogP contribution is 2.23. The molecule has 3 aromatic rings. The third-order valence-electron chi connectivity index (χ3n) is 3.88. The fourth-order valence-corrected chi connectivity index (χ4v) is 2.60. The van der Waals surface area contributed by atoms with Crippen molar-refractivity contribution in [2.45, 2.75) is 19.6 Å². The van der Waals surface area contributed by atoms with E-state index < -0.39 is 12.7 Å². The number of alkyl halides is 2. The maximum Gasteiger partial charge on any atom is 0.387 e. The van der Waals surface area contributed by atoms with Gasteiger partial charge in [-0.3, -0.25) is 9.89 Å². The predicted octanol–water partition coefficient (Wildman–Crippen LogP) is 4.17. The van der Waals surface area contributed by atoms with Crippen molar-refractivity contribution in [1.29, 1.82) is 0 Å². The summed E-state index contributed by atoms with van der Waals surface area (Å²) in [7, 11) is 0. The summed E-state index contributed by atoms with van der Waals surface area (Å²) < 4.78 is 29.1. The lowest BCUT2D eigenvalue weighted by Gasteiger charge is -2.15. The van der Waals surface area contributed by atoms with E-state index >= 15 is 0 Å². The van der Waals surface area contributed by atoms with E-state index in [1.807, 2.05) is 30.3 Å². The first-order valence-electron chi connectivity index (χ1n) is 7.99. The molecule has 5 nitrogen and oxygen atoms in total. The fourth-order valence-electron chi connectivity index (χ4n) is 2.60. The molecule has 0 spiro atoms. The van der Waals surface area contributed by atoms with E-state index in [0.29, 0.717) is 16.8 Å². The minimum Gasteiger partial charge on any atom is -0.435 e. The molecule has 1 heterocycles. The van der Waals surface area contributed by atoms with Crippen LogP contribution in [0.15, 0.2) is 60.8 Å². The van der Waals surface area contributed by atoms with Gasteiger partial charge >= 0.3 is 6.61 Å². The Kier molecular flexibility index (Phi) is 5.26. The molecule has 2 aromatic carbocycles. The van der Waals surface area contributed by atoms with Crippen molar-refractivity contribution < 1.29 is 18.3 Å². The monoisotopic (exact) mass is 357 g/mol. The lowest BCUT2D eigenvalue weighted by molar-refractivity contribution is -0.0499. The van der Waals surface area contributed by atoms with Gasteiger partial charge in [0.2, 0.25) is 0 Å². The van der Waals surface area contributed by atoms with Crippen LogP contribution < -0.4 is 10.1 Å². The fraction of sp³-hybridized carbons (Fsp3) is 0.158. The summed E-state index contributed by atoms with van der Waals surface area (Å²) in [4.78, 5) is 12.6. The van der Waals surface area contributed by atoms with Crippen LogP contribution in [0.25, 0.3) is 11.3 Å². The second-order valence-electron chi connectivity index (χ2n) is 5.67. The molecular formula is C19H17F2N3O2. The number of nitrogens with zero attached hydrogens (tertiary/aromatic N) is 1. The number of aromatic nitrogens is 2. The highest BCUT2D eigenvalue weighted by atomic mass is 19.3. The molecule has 0 aliphatic carbocycles. The van der Waals surface area contributed by atoms with Crippen LogP contribution in [0.4, 0.5) is 8.78 Å². The Balaban J connectivity index is 1.76. The van der Waals surface area contributed by atoms with Gasteiger partial charge in [-0.2, -0.15) is 13.9 Å². The minimum absolute atomic E-state index is 0.0480. The molecule has 3 rings (SSSR count). The Labute approximate surface area is 149 Å². The van der Waals surface area contributed by atoms with Crippen molar-refractivity contribution in [1.82, 2.24) is 15.5 Å². The van der Waals surface area contributed by atoms with Crippen LogP contribution in [0.3, 0.4) is 0 Å². The molecule has 1 aromatic heterocycles. The Morgan fingerprint density at radius 2 is 1.92 bits per heavy atom. The molecule has 0 aliphatic heterocycles. The number of rotatable bonds is 6. The number of hydrogen-bond donors (Lipinski definition) is 2. The summed E-state index contributed by atoms with van der Waals surface area (Å²) in [5.41, 5.74) is 2.52. The van der Waals surface area contributed by atoms with Crippen molar-refractivity contribution in [2.24, 2.45) is 0 Å². The van der Waals surface area contributed by atoms with Crippen LogP contribution >= 0.6 is 0 Å². The van der Waals surface area contributed by atoms with Gasteiger partial charge in [0.05, 0.1) is 23.5 Å². The lowest BCUT2D eigenvalue weighted by Crippen LogP contribution is -2.26. The number of hydrogen-bond acceptors (Lipinski definition) is 3. The smallest absolute Gasteiger partial charge is 0.387 e. The van der Waals surface area contributed by atoms with E-state index in [9.17, 15) is 13.6 Å². The van der Waals surface area contributed by atoms with Gasteiger partial charge < -0.3 is 10.1 Å². The molecule has 1 unspecified atom stereocenters. The third kappa shape index (κ3) is 4.05. The van der Waals surface area contributed by atoms with E-state index in [1.165, 1.54) is 18.3 Å². The van der Waals surface area contributed by atoms with Crippen LogP contribution in [-0.2, 0) is 0 Å². The SMILES string of the molecule is CC(NC(=O)c1cn[nH]c1-c1ccccc1)c1cccc(OC(F)F)c1. The van der Waals surface area contributed by atoms with Crippen LogP contribution in [0, 0.1) is 0 Å². The summed E-state index contributed by atoms with van der Waals surface area (Å²) >= 11 is 0. The molecular weight excluding hydrogens is 340 g/mol. The summed E-state index contributed by atoms with van der Waals surface area (Å²) in [5, 5.41) is 9.64. The number of H-pyrrole nitrogens is 1. The molecule has 134 valence electrons. The van der Waals surface area contributed by atoms with Crippen LogP contribution in [0.2, 0.25) is 0 Å². The van der Waals surface area contributed by atoms with Gasteiger partial charge in [-0.25, -0.2) is 0 Å². The van der Waals surface area contributed by atoms with Crippen molar-refractivity contribution in [3.63, 3.8) is 0 Å². The second kappa shape index (κ2) is 7.77. The number of halogens is 2. The van der Waals surface area contributed by atoms with Gasteiger partial charge in [0, 0.05) is 5.56 Å². The van der Waals surface area contributed by atoms with E-state index in [4.69, 9.17) is 0 Å². The number of carbonyl (C=O) groups excluding carboxylic acids is 1. The van der Waals surface area contributed by atoms with Gasteiger partial charge in [-0.05, 0) is 24.6 Å². The first-order valence-corrected chi connectivity index (χ1v) is 7.99. The normalized spacial score (nSPS) is 12.0. The highest BCUT2D eigenvalue weighted by molar-refractivity contribution is 5.99. The van der Waals surface area contributed by atoms with Crippen molar-refractivity contribution in [3.8, 4) is 17.0 Å². The molecule has 0 radical (unpaired) electrons. The Morgan fingerprint density at radius 3 is 2.65 bits per heavy atom. The average Bonchev–Trinajstić information content (AvgIpc) is 3.12. The van der Waals surface area contributed by atoms with Gasteiger partial charge in [-0.1, -0.05) is 42.5 Å². The molecule has 2 N–H and O–H groups in total. The molecule has 0 bridgehead atoms. The highest BCUT2D eigenvalue weighted by Gasteiger charge is 2.18. The van der Waals surface area contributed by atoms with Crippen molar-refractivity contribution in [3.05, 3.63) is 71.9 Å². The molecule has 7 heteroatoms. The number of nitrogens with one attached hydrogen (secondary N) is 2. The van der Waals surface area contributed by atoms with Crippen molar-refractivity contribution in [2.75, 3.05) is 0 Å². The zero-order valence-corrected chi connectivity index (χ0v) is 13.9. The molecule has 26 heavy (non-hydrogen) atoms. The second-order valence-corrected chi connectivity index (χ2v) is 5.67. The van der Waals surface area contributed by atoms with E-state index in [1.54, 1.807) is 19.1 Å². The third-order valence-corrected chi connectivity index (χ3v) is 3.88. The van der Waals surface area contributed by atoms with Gasteiger partial charge in [0.15, 0.2) is 0 Å². The van der Waals surface area contributed by atoms with Crippen LogP contribution in [0.5, 0.6) is 5.75 Å². The molecule has 0 fully saturated rings. The number of benzene rings is 2. The quantitative estimate of drug-likeness (QED) is 0.696. The maximum atomic E-state index is 12.6. The number of amides is 1. The molecule has 1 amide bonds. The molecule has 1 atom stereocenters. The predicted molar refractivity (Wildman–Crippen MR) is 93.0 cm³/mol. The standard InChI is InChI=1S/C19H17F2N3O2/c1-12(14-8-5-9-15(10-14)26-19(20)21)23-18(25)16-11-22-24-17(16)13-6-3-2-4-7-13/h2-12,19H,1H3,(H,22,24)(H,23,25). The zero-order valence-electron chi connectivity index (χ0n) is 13.9. The largest absolute Gasteiger partial charge is 0.435 e. The van der Waals surface area contributed by atoms with Crippen LogP contribution in [0.1, 0.15) is 28.9 Å².